The molecule has 0 atom stereocenters. The van der Waals surface area contributed by atoms with E-state index in [1.165, 1.54) is 9.13 Å². The van der Waals surface area contributed by atoms with Gasteiger partial charge in [-0.15, -0.1) is 0 Å². The van der Waals surface area contributed by atoms with Crippen LogP contribution in [-0.2, 0) is 17.8 Å². The summed E-state index contributed by atoms with van der Waals surface area (Å²) in [6.07, 6.45) is 0.719. The van der Waals surface area contributed by atoms with Gasteiger partial charge in [0.05, 0.1) is 35.6 Å². The number of nitrogens with zero attached hydrogens (tertiary/aromatic N) is 3. The van der Waals surface area contributed by atoms with Gasteiger partial charge in [-0.05, 0) is 47.9 Å². The number of nitriles is 1. The lowest BCUT2D eigenvalue weighted by atomic mass is 10.1. The van der Waals surface area contributed by atoms with E-state index in [1.54, 1.807) is 73.8 Å². The molecule has 0 saturated heterocycles. The van der Waals surface area contributed by atoms with E-state index >= 15 is 0 Å². The van der Waals surface area contributed by atoms with Crippen LogP contribution in [0, 0.1) is 11.3 Å². The molecule has 1 aromatic heterocycles. The maximum Gasteiger partial charge on any atom is 0.332 e. The van der Waals surface area contributed by atoms with Crippen molar-refractivity contribution in [1.82, 2.24) is 14.5 Å². The van der Waals surface area contributed by atoms with E-state index in [0.29, 0.717) is 46.3 Å². The molecule has 0 bridgehead atoms. The summed E-state index contributed by atoms with van der Waals surface area (Å²) in [6, 6.07) is 23.0. The molecule has 8 heteroatoms. The van der Waals surface area contributed by atoms with Crippen molar-refractivity contribution in [3.05, 3.63) is 116 Å². The molecular weight excluding hydrogens is 456 g/mol. The fourth-order valence-electron chi connectivity index (χ4n) is 4.07. The highest BCUT2D eigenvalue weighted by Gasteiger charge is 2.15. The zero-order valence-electron chi connectivity index (χ0n) is 19.9. The topological polar surface area (TPSA) is 106 Å². The number of methoxy groups -OCH3 is 1. The van der Waals surface area contributed by atoms with Crippen LogP contribution in [0.15, 0.2) is 82.4 Å². The first-order valence-electron chi connectivity index (χ1n) is 11.6. The van der Waals surface area contributed by atoms with E-state index < -0.39 is 5.69 Å². The van der Waals surface area contributed by atoms with Crippen LogP contribution < -0.4 is 16.6 Å². The Morgan fingerprint density at radius 2 is 1.67 bits per heavy atom. The summed E-state index contributed by atoms with van der Waals surface area (Å²) in [7, 11) is 1.61. The normalized spacial score (nSPS) is 10.8. The number of rotatable bonds is 9. The van der Waals surface area contributed by atoms with E-state index in [0.717, 1.165) is 6.42 Å². The van der Waals surface area contributed by atoms with Crippen LogP contribution in [0.5, 0.6) is 0 Å². The van der Waals surface area contributed by atoms with Crippen LogP contribution in [-0.4, -0.2) is 35.3 Å². The summed E-state index contributed by atoms with van der Waals surface area (Å²) in [5.74, 6) is -0.195. The van der Waals surface area contributed by atoms with Crippen molar-refractivity contribution in [1.29, 1.82) is 5.26 Å². The number of fused-ring (bicyclic) bond motifs is 1. The number of ether oxygens (including phenoxy) is 1. The van der Waals surface area contributed by atoms with Crippen LogP contribution in [0.1, 0.15) is 33.5 Å². The third-order valence-electron chi connectivity index (χ3n) is 5.97. The Balaban J connectivity index is 1.66. The molecule has 0 aliphatic rings. The number of carbonyl (C=O) groups is 1. The molecule has 0 aliphatic heterocycles. The molecule has 36 heavy (non-hydrogen) atoms. The highest BCUT2D eigenvalue weighted by molar-refractivity contribution is 5.94. The van der Waals surface area contributed by atoms with Crippen molar-refractivity contribution in [3.63, 3.8) is 0 Å². The lowest BCUT2D eigenvalue weighted by Crippen LogP contribution is -2.40. The number of carbonyl (C=O) groups excluding carboxylic acids is 1. The van der Waals surface area contributed by atoms with E-state index in [1.807, 2.05) is 6.07 Å². The van der Waals surface area contributed by atoms with Gasteiger partial charge in [-0.2, -0.15) is 5.26 Å². The predicted octanol–water partition coefficient (Wildman–Crippen LogP) is 2.90. The second-order valence-electron chi connectivity index (χ2n) is 8.35. The summed E-state index contributed by atoms with van der Waals surface area (Å²) in [5.41, 5.74) is 2.03. The number of aromatic nitrogens is 2. The Morgan fingerprint density at radius 1 is 0.944 bits per heavy atom. The summed E-state index contributed by atoms with van der Waals surface area (Å²) in [4.78, 5) is 39.1. The molecular formula is C28H26N4O4. The molecule has 4 rings (SSSR count). The molecule has 0 unspecified atom stereocenters. The van der Waals surface area contributed by atoms with Crippen molar-refractivity contribution in [2.75, 3.05) is 20.3 Å². The minimum absolute atomic E-state index is 0.0537. The van der Waals surface area contributed by atoms with Gasteiger partial charge in [-0.25, -0.2) is 4.79 Å². The van der Waals surface area contributed by atoms with Crippen molar-refractivity contribution < 1.29 is 9.53 Å². The van der Waals surface area contributed by atoms with Crippen LogP contribution >= 0.6 is 0 Å². The maximum absolute atomic E-state index is 13.5. The third kappa shape index (κ3) is 5.27. The molecule has 4 aromatic rings. The van der Waals surface area contributed by atoms with Crippen LogP contribution in [0.3, 0.4) is 0 Å². The molecule has 8 nitrogen and oxygen atoms in total. The SMILES string of the molecule is COCCCNC(=O)c1ccc(Cn2c(=O)c3ccccc3n(Cc3ccccc3C#N)c2=O)cc1. The van der Waals surface area contributed by atoms with Gasteiger partial charge in [0, 0.05) is 25.8 Å². The Kier molecular flexibility index (Phi) is 7.73. The van der Waals surface area contributed by atoms with Gasteiger partial charge >= 0.3 is 5.69 Å². The molecule has 1 heterocycles. The molecule has 1 amide bonds. The number of hydrogen-bond acceptors (Lipinski definition) is 5. The molecule has 182 valence electrons. The van der Waals surface area contributed by atoms with E-state index in [-0.39, 0.29) is 24.6 Å². The molecule has 0 saturated carbocycles. The van der Waals surface area contributed by atoms with E-state index in [2.05, 4.69) is 11.4 Å². The van der Waals surface area contributed by atoms with E-state index in [4.69, 9.17) is 4.74 Å². The minimum atomic E-state index is -0.466. The molecule has 1 N–H and O–H groups in total. The number of hydrogen-bond donors (Lipinski definition) is 1. The number of amides is 1. The minimum Gasteiger partial charge on any atom is -0.385 e. The molecule has 0 aliphatic carbocycles. The van der Waals surface area contributed by atoms with Crippen LogP contribution in [0.25, 0.3) is 10.9 Å². The standard InChI is InChI=1S/C28H26N4O4/c1-36-16-6-15-30-26(33)21-13-11-20(12-14-21)18-32-27(34)24-9-4-5-10-25(24)31(28(32)35)19-23-8-3-2-7-22(23)17-29/h2-5,7-14H,6,15-16,18-19H2,1H3,(H,30,33). The number of benzene rings is 3. The van der Waals surface area contributed by atoms with Crippen LogP contribution in [0.2, 0.25) is 0 Å². The molecule has 0 fully saturated rings. The van der Waals surface area contributed by atoms with Gasteiger partial charge in [-0.3, -0.25) is 18.7 Å². The predicted molar refractivity (Wildman–Crippen MR) is 137 cm³/mol. The van der Waals surface area contributed by atoms with E-state index in [9.17, 15) is 19.6 Å². The highest BCUT2D eigenvalue weighted by atomic mass is 16.5. The van der Waals surface area contributed by atoms with Crippen molar-refractivity contribution in [2.24, 2.45) is 0 Å². The average Bonchev–Trinajstić information content (AvgIpc) is 2.92. The quantitative estimate of drug-likeness (QED) is 0.369. The lowest BCUT2D eigenvalue weighted by Gasteiger charge is -2.15. The molecule has 0 radical (unpaired) electrons. The third-order valence-corrected chi connectivity index (χ3v) is 5.97. The van der Waals surface area contributed by atoms with Gasteiger partial charge in [0.2, 0.25) is 0 Å². The fourth-order valence-corrected chi connectivity index (χ4v) is 4.07. The fraction of sp³-hybridized carbons (Fsp3) is 0.214. The summed E-state index contributed by atoms with van der Waals surface area (Å²) >= 11 is 0. The smallest absolute Gasteiger partial charge is 0.332 e. The summed E-state index contributed by atoms with van der Waals surface area (Å²) < 4.78 is 7.69. The Labute approximate surface area is 208 Å². The Hall–Kier alpha value is -4.48. The summed E-state index contributed by atoms with van der Waals surface area (Å²) in [5, 5.41) is 12.7. The van der Waals surface area contributed by atoms with Gasteiger partial charge in [0.15, 0.2) is 0 Å². The summed E-state index contributed by atoms with van der Waals surface area (Å²) in [6.45, 7) is 1.29. The zero-order chi connectivity index (χ0) is 25.5. The molecule has 0 spiro atoms. The number of para-hydroxylation sites is 1. The van der Waals surface area contributed by atoms with Gasteiger partial charge in [0.25, 0.3) is 11.5 Å². The zero-order valence-corrected chi connectivity index (χ0v) is 19.9. The number of nitrogens with one attached hydrogen (secondary N) is 1. The second-order valence-corrected chi connectivity index (χ2v) is 8.35. The first-order chi connectivity index (χ1) is 17.5. The van der Waals surface area contributed by atoms with Crippen molar-refractivity contribution in [3.8, 4) is 6.07 Å². The maximum atomic E-state index is 13.5. The Morgan fingerprint density at radius 3 is 2.42 bits per heavy atom. The monoisotopic (exact) mass is 482 g/mol. The van der Waals surface area contributed by atoms with Crippen molar-refractivity contribution in [2.45, 2.75) is 19.5 Å². The molecule has 3 aromatic carbocycles. The second kappa shape index (κ2) is 11.3. The Bertz CT molecular complexity index is 1550. The van der Waals surface area contributed by atoms with Crippen LogP contribution in [0.4, 0.5) is 0 Å². The average molecular weight is 483 g/mol. The van der Waals surface area contributed by atoms with Gasteiger partial charge < -0.3 is 10.1 Å². The highest BCUT2D eigenvalue weighted by Crippen LogP contribution is 2.14. The van der Waals surface area contributed by atoms with Gasteiger partial charge in [-0.1, -0.05) is 42.5 Å². The lowest BCUT2D eigenvalue weighted by molar-refractivity contribution is 0.0948. The van der Waals surface area contributed by atoms with Gasteiger partial charge in [0.1, 0.15) is 0 Å². The first kappa shape index (κ1) is 24.6. The first-order valence-corrected chi connectivity index (χ1v) is 11.6. The largest absolute Gasteiger partial charge is 0.385 e. The van der Waals surface area contributed by atoms with Crippen molar-refractivity contribution >= 4 is 16.8 Å².